The van der Waals surface area contributed by atoms with Gasteiger partial charge in [-0.05, 0) is 42.2 Å². The van der Waals surface area contributed by atoms with Gasteiger partial charge in [0.15, 0.2) is 9.84 Å². The summed E-state index contributed by atoms with van der Waals surface area (Å²) in [5.74, 6) is -0.458. The lowest BCUT2D eigenvalue weighted by molar-refractivity contribution is 0.601. The lowest BCUT2D eigenvalue weighted by Crippen LogP contribution is -2.28. The molecule has 0 N–H and O–H groups in total. The van der Waals surface area contributed by atoms with Gasteiger partial charge in [0.05, 0.1) is 32.4 Å². The molecule has 1 unspecified atom stereocenters. The van der Waals surface area contributed by atoms with Crippen molar-refractivity contribution in [2.24, 2.45) is 0 Å². The van der Waals surface area contributed by atoms with Gasteiger partial charge in [-0.2, -0.15) is 10.5 Å². The number of sulfone groups is 1. The van der Waals surface area contributed by atoms with Crippen molar-refractivity contribution >= 4 is 32.8 Å². The Morgan fingerprint density at radius 2 is 1.96 bits per heavy atom. The number of fused-ring (bicyclic) bond motifs is 1. The van der Waals surface area contributed by atoms with Crippen molar-refractivity contribution in [3.05, 3.63) is 51.8 Å². The molecule has 8 heteroatoms. The van der Waals surface area contributed by atoms with Crippen LogP contribution in [0.25, 0.3) is 0 Å². The molecule has 0 amide bonds. The molecule has 0 saturated heterocycles. The van der Waals surface area contributed by atoms with Crippen LogP contribution in [0.1, 0.15) is 36.0 Å². The molecule has 5 nitrogen and oxygen atoms in total. The van der Waals surface area contributed by atoms with Gasteiger partial charge in [0.25, 0.3) is 0 Å². The average molecular weight is 404 g/mol. The van der Waals surface area contributed by atoms with Crippen molar-refractivity contribution in [2.45, 2.75) is 24.2 Å². The summed E-state index contributed by atoms with van der Waals surface area (Å²) < 4.78 is 37.7. The zero-order valence-corrected chi connectivity index (χ0v) is 16.2. The smallest absolute Gasteiger partial charge is 0.177 e. The Bertz CT molecular complexity index is 1130. The predicted octanol–water partition coefficient (Wildman–Crippen LogP) is 4.27. The molecule has 0 aliphatic carbocycles. The number of benzene rings is 2. The van der Waals surface area contributed by atoms with Crippen molar-refractivity contribution in [3.8, 4) is 12.1 Å². The van der Waals surface area contributed by atoms with Crippen LogP contribution in [0.2, 0.25) is 5.02 Å². The van der Waals surface area contributed by atoms with E-state index in [4.69, 9.17) is 11.6 Å². The second-order valence-corrected chi connectivity index (χ2v) is 8.86. The van der Waals surface area contributed by atoms with Gasteiger partial charge in [0.1, 0.15) is 18.0 Å². The van der Waals surface area contributed by atoms with Gasteiger partial charge >= 0.3 is 0 Å². The molecule has 1 atom stereocenters. The molecule has 0 radical (unpaired) electrons. The Labute approximate surface area is 162 Å². The lowest BCUT2D eigenvalue weighted by atomic mass is 9.88. The van der Waals surface area contributed by atoms with E-state index in [0.29, 0.717) is 29.9 Å². The van der Waals surface area contributed by atoms with Crippen LogP contribution in [0, 0.1) is 28.5 Å². The third-order valence-corrected chi connectivity index (χ3v) is 6.34. The SMILES string of the molecule is CC1CCN(c2ccc(S(C)(=O)=O)c(Cl)c2C#N)c2c(C#N)cc(F)cc21. The molecular weight excluding hydrogens is 389 g/mol. The Kier molecular flexibility index (Phi) is 4.86. The van der Waals surface area contributed by atoms with Gasteiger partial charge < -0.3 is 4.90 Å². The summed E-state index contributed by atoms with van der Waals surface area (Å²) in [7, 11) is -3.60. The first-order valence-electron chi connectivity index (χ1n) is 8.12. The van der Waals surface area contributed by atoms with Gasteiger partial charge in [-0.1, -0.05) is 18.5 Å². The van der Waals surface area contributed by atoms with E-state index in [9.17, 15) is 23.3 Å². The monoisotopic (exact) mass is 403 g/mol. The van der Waals surface area contributed by atoms with E-state index in [1.807, 2.05) is 19.1 Å². The van der Waals surface area contributed by atoms with Gasteiger partial charge in [-0.3, -0.25) is 0 Å². The van der Waals surface area contributed by atoms with Crippen molar-refractivity contribution in [2.75, 3.05) is 17.7 Å². The highest BCUT2D eigenvalue weighted by molar-refractivity contribution is 7.90. The van der Waals surface area contributed by atoms with Crippen LogP contribution in [0.5, 0.6) is 0 Å². The topological polar surface area (TPSA) is 85.0 Å². The highest BCUT2D eigenvalue weighted by Crippen LogP contribution is 2.44. The molecule has 0 bridgehead atoms. The molecule has 1 aliphatic rings. The highest BCUT2D eigenvalue weighted by atomic mass is 35.5. The molecule has 0 saturated carbocycles. The van der Waals surface area contributed by atoms with Crippen molar-refractivity contribution in [1.82, 2.24) is 0 Å². The van der Waals surface area contributed by atoms with Crippen LogP contribution >= 0.6 is 11.6 Å². The fourth-order valence-electron chi connectivity index (χ4n) is 3.38. The number of hydrogen-bond donors (Lipinski definition) is 0. The van der Waals surface area contributed by atoms with E-state index in [1.165, 1.54) is 18.2 Å². The summed E-state index contributed by atoms with van der Waals surface area (Å²) in [4.78, 5) is 1.61. The predicted molar refractivity (Wildman–Crippen MR) is 100 cm³/mol. The Morgan fingerprint density at radius 1 is 1.26 bits per heavy atom. The summed E-state index contributed by atoms with van der Waals surface area (Å²) in [5.41, 5.74) is 1.76. The number of anilines is 2. The fraction of sp³-hybridized carbons (Fsp3) is 0.263. The van der Waals surface area contributed by atoms with Crippen molar-refractivity contribution in [1.29, 1.82) is 10.5 Å². The van der Waals surface area contributed by atoms with Crippen molar-refractivity contribution in [3.63, 3.8) is 0 Å². The van der Waals surface area contributed by atoms with Crippen molar-refractivity contribution < 1.29 is 12.8 Å². The number of nitrogens with zero attached hydrogens (tertiary/aromatic N) is 3. The van der Waals surface area contributed by atoms with Gasteiger partial charge in [-0.25, -0.2) is 12.8 Å². The Morgan fingerprint density at radius 3 is 2.56 bits per heavy atom. The number of rotatable bonds is 2. The van der Waals surface area contributed by atoms with Crippen LogP contribution in [0.4, 0.5) is 15.8 Å². The third kappa shape index (κ3) is 3.25. The lowest BCUT2D eigenvalue weighted by Gasteiger charge is -2.36. The maximum atomic E-state index is 13.9. The molecule has 0 spiro atoms. The molecule has 2 aromatic rings. The number of nitriles is 2. The zero-order valence-electron chi connectivity index (χ0n) is 14.6. The van der Waals surface area contributed by atoms with Crippen LogP contribution < -0.4 is 4.90 Å². The first-order valence-corrected chi connectivity index (χ1v) is 10.4. The summed E-state index contributed by atoms with van der Waals surface area (Å²) >= 11 is 6.22. The maximum absolute atomic E-state index is 13.9. The second-order valence-electron chi connectivity index (χ2n) is 6.50. The summed E-state index contributed by atoms with van der Waals surface area (Å²) in [6, 6.07) is 9.38. The number of halogens is 2. The zero-order chi connectivity index (χ0) is 19.9. The van der Waals surface area contributed by atoms with E-state index < -0.39 is 15.7 Å². The van der Waals surface area contributed by atoms with Gasteiger partial charge in [0, 0.05) is 12.8 Å². The normalized spacial score (nSPS) is 16.4. The van der Waals surface area contributed by atoms with E-state index in [1.54, 1.807) is 4.90 Å². The molecule has 138 valence electrons. The first kappa shape index (κ1) is 19.2. The largest absolute Gasteiger partial charge is 0.339 e. The van der Waals surface area contributed by atoms with E-state index in [2.05, 4.69) is 0 Å². The number of hydrogen-bond acceptors (Lipinski definition) is 5. The summed E-state index contributed by atoms with van der Waals surface area (Å²) in [5, 5.41) is 18.9. The van der Waals surface area contributed by atoms with E-state index in [-0.39, 0.29) is 27.0 Å². The standard InChI is InChI=1S/C19H15ClFN3O2S/c1-11-5-6-24(19-12(9-22)7-13(21)8-14(11)19)16-3-4-17(27(2,25)26)18(20)15(16)10-23/h3-4,7-8,11H,5-6H2,1-2H3. The minimum Gasteiger partial charge on any atom is -0.339 e. The molecular formula is C19H15ClFN3O2S. The van der Waals surface area contributed by atoms with Crippen LogP contribution in [-0.4, -0.2) is 21.2 Å². The quantitative estimate of drug-likeness (QED) is 0.747. The molecule has 27 heavy (non-hydrogen) atoms. The van der Waals surface area contributed by atoms with Crippen LogP contribution in [0.3, 0.4) is 0 Å². The molecule has 3 rings (SSSR count). The summed E-state index contributed by atoms with van der Waals surface area (Å²) in [6.45, 7) is 2.43. The molecule has 0 fully saturated rings. The van der Waals surface area contributed by atoms with Crippen LogP contribution in [0.15, 0.2) is 29.2 Å². The second kappa shape index (κ2) is 6.84. The minimum absolute atomic E-state index is 0.00769. The Balaban J connectivity index is 2.30. The molecule has 2 aromatic carbocycles. The highest BCUT2D eigenvalue weighted by Gasteiger charge is 2.30. The third-order valence-electron chi connectivity index (χ3n) is 4.70. The van der Waals surface area contributed by atoms with Gasteiger partial charge in [-0.15, -0.1) is 0 Å². The Hall–Kier alpha value is -2.61. The summed E-state index contributed by atoms with van der Waals surface area (Å²) in [6.07, 6.45) is 1.70. The van der Waals surface area contributed by atoms with Gasteiger partial charge in [0.2, 0.25) is 0 Å². The van der Waals surface area contributed by atoms with E-state index >= 15 is 0 Å². The average Bonchev–Trinajstić information content (AvgIpc) is 2.60. The maximum Gasteiger partial charge on any atom is 0.177 e. The molecule has 1 aliphatic heterocycles. The fourth-order valence-corrected chi connectivity index (χ4v) is 4.74. The minimum atomic E-state index is -3.60. The first-order chi connectivity index (χ1) is 12.7. The molecule has 0 aromatic heterocycles. The van der Waals surface area contributed by atoms with Crippen LogP contribution in [-0.2, 0) is 9.84 Å². The molecule has 1 heterocycles. The van der Waals surface area contributed by atoms with E-state index in [0.717, 1.165) is 12.3 Å².